The van der Waals surface area contributed by atoms with Crippen LogP contribution in [0.3, 0.4) is 0 Å². The van der Waals surface area contributed by atoms with Gasteiger partial charge in [-0.2, -0.15) is 10.1 Å². The van der Waals surface area contributed by atoms with Crippen molar-refractivity contribution in [2.24, 2.45) is 7.05 Å². The second-order valence-corrected chi connectivity index (χ2v) is 8.36. The summed E-state index contributed by atoms with van der Waals surface area (Å²) in [6.45, 7) is 5.85. The Hall–Kier alpha value is -3.00. The number of carbonyl (C=O) groups excluding carboxylic acids is 1. The Morgan fingerprint density at radius 2 is 2.03 bits per heavy atom. The Morgan fingerprint density at radius 3 is 2.78 bits per heavy atom. The molecule has 0 spiro atoms. The molecule has 0 saturated carbocycles. The van der Waals surface area contributed by atoms with Crippen LogP contribution in [0.4, 0.5) is 0 Å². The molecule has 0 bridgehead atoms. The standard InChI is InChI=1S/C24H31N5O3/c1-17-20(18(2)28(3)26-17)11-12-23(30)29-14-7-10-21(29)24-25-22(27-32-24)13-15-31-16-19-8-5-4-6-9-19/h4-6,8-9,21H,7,10-16H2,1-3H3. The van der Waals surface area contributed by atoms with Crippen LogP contribution in [0.1, 0.15) is 59.5 Å². The molecule has 0 radical (unpaired) electrons. The van der Waals surface area contributed by atoms with Crippen molar-refractivity contribution in [2.75, 3.05) is 13.2 Å². The monoisotopic (exact) mass is 437 g/mol. The molecule has 8 heteroatoms. The van der Waals surface area contributed by atoms with E-state index < -0.39 is 0 Å². The van der Waals surface area contributed by atoms with E-state index in [1.807, 2.05) is 60.8 Å². The Balaban J connectivity index is 1.29. The highest BCUT2D eigenvalue weighted by Crippen LogP contribution is 2.31. The molecule has 170 valence electrons. The first kappa shape index (κ1) is 22.2. The molecule has 3 aromatic rings. The van der Waals surface area contributed by atoms with E-state index in [-0.39, 0.29) is 11.9 Å². The van der Waals surface area contributed by atoms with Gasteiger partial charge in [-0.3, -0.25) is 9.48 Å². The zero-order valence-electron chi connectivity index (χ0n) is 19.1. The second kappa shape index (κ2) is 10.1. The number of carbonyl (C=O) groups is 1. The third-order valence-corrected chi connectivity index (χ3v) is 6.17. The molecule has 1 aliphatic heterocycles. The lowest BCUT2D eigenvalue weighted by atomic mass is 10.1. The largest absolute Gasteiger partial charge is 0.376 e. The van der Waals surface area contributed by atoms with Crippen LogP contribution >= 0.6 is 0 Å². The van der Waals surface area contributed by atoms with Crippen LogP contribution in [-0.2, 0) is 36.0 Å². The SMILES string of the molecule is Cc1nn(C)c(C)c1CCC(=O)N1CCCC1c1nc(CCOCc2ccccc2)no1. The predicted octanol–water partition coefficient (Wildman–Crippen LogP) is 3.48. The Kier molecular flexibility index (Phi) is 6.99. The molecule has 0 N–H and O–H groups in total. The zero-order valence-corrected chi connectivity index (χ0v) is 19.1. The number of benzene rings is 1. The van der Waals surface area contributed by atoms with Crippen molar-refractivity contribution in [3.05, 3.63) is 64.6 Å². The Labute approximate surface area is 188 Å². The molecule has 0 aliphatic carbocycles. The van der Waals surface area contributed by atoms with Crippen LogP contribution in [0.5, 0.6) is 0 Å². The fourth-order valence-corrected chi connectivity index (χ4v) is 4.31. The minimum Gasteiger partial charge on any atom is -0.376 e. The van der Waals surface area contributed by atoms with Gasteiger partial charge in [0.15, 0.2) is 5.82 Å². The summed E-state index contributed by atoms with van der Waals surface area (Å²) in [5.41, 5.74) is 4.40. The molecule has 1 atom stereocenters. The van der Waals surface area contributed by atoms with Crippen molar-refractivity contribution in [2.45, 2.75) is 58.6 Å². The first-order valence-electron chi connectivity index (χ1n) is 11.3. The summed E-state index contributed by atoms with van der Waals surface area (Å²) >= 11 is 0. The average Bonchev–Trinajstić information content (AvgIpc) is 3.51. The average molecular weight is 438 g/mol. The van der Waals surface area contributed by atoms with E-state index in [0.29, 0.717) is 44.2 Å². The lowest BCUT2D eigenvalue weighted by Crippen LogP contribution is -2.31. The summed E-state index contributed by atoms with van der Waals surface area (Å²) in [6.07, 6.45) is 3.53. The highest BCUT2D eigenvalue weighted by molar-refractivity contribution is 5.77. The van der Waals surface area contributed by atoms with Gasteiger partial charge in [-0.05, 0) is 44.2 Å². The maximum absolute atomic E-state index is 13.0. The first-order valence-corrected chi connectivity index (χ1v) is 11.3. The van der Waals surface area contributed by atoms with E-state index in [1.54, 1.807) is 0 Å². The van der Waals surface area contributed by atoms with E-state index in [2.05, 4.69) is 15.2 Å². The molecule has 32 heavy (non-hydrogen) atoms. The number of amides is 1. The molecular weight excluding hydrogens is 406 g/mol. The topological polar surface area (TPSA) is 86.3 Å². The number of nitrogens with zero attached hydrogens (tertiary/aromatic N) is 5. The van der Waals surface area contributed by atoms with Crippen molar-refractivity contribution < 1.29 is 14.1 Å². The van der Waals surface area contributed by atoms with E-state index in [0.717, 1.165) is 41.9 Å². The van der Waals surface area contributed by atoms with Gasteiger partial charge in [0.05, 0.1) is 18.9 Å². The quantitative estimate of drug-likeness (QED) is 0.477. The molecule has 4 rings (SSSR count). The molecule has 1 aromatic carbocycles. The number of ether oxygens (including phenoxy) is 1. The maximum Gasteiger partial charge on any atom is 0.249 e. The van der Waals surface area contributed by atoms with Crippen LogP contribution in [0.25, 0.3) is 0 Å². The highest BCUT2D eigenvalue weighted by atomic mass is 16.5. The lowest BCUT2D eigenvalue weighted by molar-refractivity contribution is -0.132. The summed E-state index contributed by atoms with van der Waals surface area (Å²) in [7, 11) is 1.93. The van der Waals surface area contributed by atoms with Crippen LogP contribution in [0.15, 0.2) is 34.9 Å². The normalized spacial score (nSPS) is 16.1. The first-order chi connectivity index (χ1) is 15.5. The van der Waals surface area contributed by atoms with E-state index >= 15 is 0 Å². The minimum absolute atomic E-state index is 0.126. The Morgan fingerprint density at radius 1 is 1.22 bits per heavy atom. The number of aromatic nitrogens is 4. The summed E-state index contributed by atoms with van der Waals surface area (Å²) in [5, 5.41) is 8.55. The number of rotatable bonds is 9. The molecule has 1 amide bonds. The number of aryl methyl sites for hydroxylation is 2. The van der Waals surface area contributed by atoms with Crippen molar-refractivity contribution in [1.82, 2.24) is 24.8 Å². The van der Waals surface area contributed by atoms with Gasteiger partial charge >= 0.3 is 0 Å². The van der Waals surface area contributed by atoms with E-state index in [1.165, 1.54) is 0 Å². The van der Waals surface area contributed by atoms with Crippen LogP contribution in [0, 0.1) is 13.8 Å². The lowest BCUT2D eigenvalue weighted by Gasteiger charge is -2.22. The van der Waals surface area contributed by atoms with Crippen molar-refractivity contribution in [3.8, 4) is 0 Å². The van der Waals surface area contributed by atoms with Gasteiger partial charge < -0.3 is 14.2 Å². The number of likely N-dealkylation sites (tertiary alicyclic amines) is 1. The van der Waals surface area contributed by atoms with E-state index in [4.69, 9.17) is 9.26 Å². The predicted molar refractivity (Wildman–Crippen MR) is 119 cm³/mol. The molecule has 8 nitrogen and oxygen atoms in total. The van der Waals surface area contributed by atoms with Gasteiger partial charge in [0.25, 0.3) is 0 Å². The molecule has 2 aromatic heterocycles. The van der Waals surface area contributed by atoms with Gasteiger partial charge in [0, 0.05) is 32.1 Å². The van der Waals surface area contributed by atoms with Crippen molar-refractivity contribution >= 4 is 5.91 Å². The maximum atomic E-state index is 13.0. The van der Waals surface area contributed by atoms with Crippen LogP contribution in [-0.4, -0.2) is 43.9 Å². The third-order valence-electron chi connectivity index (χ3n) is 6.17. The van der Waals surface area contributed by atoms with Crippen molar-refractivity contribution in [3.63, 3.8) is 0 Å². The smallest absolute Gasteiger partial charge is 0.249 e. The Bertz CT molecular complexity index is 1040. The summed E-state index contributed by atoms with van der Waals surface area (Å²) in [5.74, 6) is 1.28. The van der Waals surface area contributed by atoms with Crippen molar-refractivity contribution in [1.29, 1.82) is 0 Å². The molecule has 1 saturated heterocycles. The third kappa shape index (κ3) is 5.07. The van der Waals surface area contributed by atoms with Crippen LogP contribution in [0.2, 0.25) is 0 Å². The summed E-state index contributed by atoms with van der Waals surface area (Å²) in [4.78, 5) is 19.4. The molecular formula is C24H31N5O3. The van der Waals surface area contributed by atoms with Gasteiger partial charge in [-0.25, -0.2) is 0 Å². The van der Waals surface area contributed by atoms with Gasteiger partial charge in [0.2, 0.25) is 11.8 Å². The second-order valence-electron chi connectivity index (χ2n) is 8.36. The molecule has 1 fully saturated rings. The van der Waals surface area contributed by atoms with Gasteiger partial charge in [-0.1, -0.05) is 35.5 Å². The fourth-order valence-electron chi connectivity index (χ4n) is 4.31. The minimum atomic E-state index is -0.134. The summed E-state index contributed by atoms with van der Waals surface area (Å²) < 4.78 is 13.1. The van der Waals surface area contributed by atoms with Crippen LogP contribution < -0.4 is 0 Å². The van der Waals surface area contributed by atoms with Gasteiger partial charge in [0.1, 0.15) is 6.04 Å². The van der Waals surface area contributed by atoms with Gasteiger partial charge in [-0.15, -0.1) is 0 Å². The molecule has 3 heterocycles. The zero-order chi connectivity index (χ0) is 22.5. The highest BCUT2D eigenvalue weighted by Gasteiger charge is 2.33. The number of hydrogen-bond donors (Lipinski definition) is 0. The van der Waals surface area contributed by atoms with E-state index in [9.17, 15) is 4.79 Å². The summed E-state index contributed by atoms with van der Waals surface area (Å²) in [6, 6.07) is 9.92. The fraction of sp³-hybridized carbons (Fsp3) is 0.500. The molecule has 1 unspecified atom stereocenters. The number of hydrogen-bond acceptors (Lipinski definition) is 6. The molecule has 1 aliphatic rings.